The van der Waals surface area contributed by atoms with E-state index >= 15 is 0 Å². The molecule has 0 unspecified atom stereocenters. The van der Waals surface area contributed by atoms with Gasteiger partial charge in [0.2, 0.25) is 5.91 Å². The van der Waals surface area contributed by atoms with Gasteiger partial charge in [-0.25, -0.2) is 0 Å². The molecule has 1 N–H and O–H groups in total. The van der Waals surface area contributed by atoms with Gasteiger partial charge in [0.25, 0.3) is 5.91 Å². The molecule has 0 saturated heterocycles. The maximum absolute atomic E-state index is 12.5. The van der Waals surface area contributed by atoms with Crippen molar-refractivity contribution < 1.29 is 19.1 Å². The van der Waals surface area contributed by atoms with Crippen molar-refractivity contribution in [3.05, 3.63) is 54.1 Å². The van der Waals surface area contributed by atoms with Crippen molar-refractivity contribution in [2.75, 3.05) is 24.6 Å². The third-order valence-electron chi connectivity index (χ3n) is 4.84. The highest BCUT2D eigenvalue weighted by Crippen LogP contribution is 2.33. The molecule has 1 aliphatic heterocycles. The number of rotatable bonds is 5. The van der Waals surface area contributed by atoms with Crippen LogP contribution in [0.4, 0.5) is 5.69 Å². The predicted molar refractivity (Wildman–Crippen MR) is 113 cm³/mol. The zero-order valence-electron chi connectivity index (χ0n) is 17.4. The van der Waals surface area contributed by atoms with Crippen molar-refractivity contribution in [2.45, 2.75) is 39.2 Å². The van der Waals surface area contributed by atoms with Crippen LogP contribution in [0.5, 0.6) is 11.5 Å². The highest BCUT2D eigenvalue weighted by molar-refractivity contribution is 5.95. The lowest BCUT2D eigenvalue weighted by Crippen LogP contribution is -2.50. The van der Waals surface area contributed by atoms with E-state index in [9.17, 15) is 9.59 Å². The Morgan fingerprint density at radius 2 is 1.83 bits per heavy atom. The maximum atomic E-state index is 12.5. The van der Waals surface area contributed by atoms with Crippen molar-refractivity contribution in [1.82, 2.24) is 5.32 Å². The van der Waals surface area contributed by atoms with Crippen molar-refractivity contribution >= 4 is 17.5 Å². The van der Waals surface area contributed by atoms with Crippen molar-refractivity contribution in [3.63, 3.8) is 0 Å². The smallest absolute Gasteiger partial charge is 0.263 e. The molecule has 0 fully saturated rings. The van der Waals surface area contributed by atoms with E-state index in [-0.39, 0.29) is 23.8 Å². The summed E-state index contributed by atoms with van der Waals surface area (Å²) in [5.74, 6) is 0.903. The summed E-state index contributed by atoms with van der Waals surface area (Å²) in [7, 11) is 0. The lowest BCUT2D eigenvalue weighted by Gasteiger charge is -2.33. The summed E-state index contributed by atoms with van der Waals surface area (Å²) in [6.07, 6.45) is -0.750. The van der Waals surface area contributed by atoms with E-state index in [1.54, 1.807) is 11.0 Å². The second-order valence-electron chi connectivity index (χ2n) is 8.12. The molecule has 2 amide bonds. The zero-order valence-corrected chi connectivity index (χ0v) is 17.4. The van der Waals surface area contributed by atoms with E-state index in [2.05, 4.69) is 38.2 Å². The summed E-state index contributed by atoms with van der Waals surface area (Å²) in [6.45, 7) is 8.86. The Balaban J connectivity index is 1.50. The number of anilines is 1. The summed E-state index contributed by atoms with van der Waals surface area (Å²) in [4.78, 5) is 26.0. The van der Waals surface area contributed by atoms with Crippen LogP contribution in [0.25, 0.3) is 0 Å². The average molecular weight is 396 g/mol. The van der Waals surface area contributed by atoms with E-state index < -0.39 is 6.10 Å². The van der Waals surface area contributed by atoms with Crippen molar-refractivity contribution in [1.29, 1.82) is 0 Å². The Morgan fingerprint density at radius 1 is 1.14 bits per heavy atom. The molecule has 0 aromatic heterocycles. The maximum Gasteiger partial charge on any atom is 0.263 e. The van der Waals surface area contributed by atoms with Crippen LogP contribution >= 0.6 is 0 Å². The third-order valence-corrected chi connectivity index (χ3v) is 4.84. The zero-order chi connectivity index (χ0) is 21.0. The largest absolute Gasteiger partial charge is 0.492 e. The van der Waals surface area contributed by atoms with Crippen LogP contribution in [-0.2, 0) is 15.0 Å². The van der Waals surface area contributed by atoms with E-state index in [1.807, 2.05) is 30.3 Å². The topological polar surface area (TPSA) is 67.9 Å². The number of nitrogens with one attached hydrogen (secondary N) is 1. The molecular weight excluding hydrogens is 368 g/mol. The molecule has 0 aliphatic carbocycles. The van der Waals surface area contributed by atoms with Gasteiger partial charge in [-0.1, -0.05) is 45.0 Å². The summed E-state index contributed by atoms with van der Waals surface area (Å²) in [5, 5.41) is 2.82. The van der Waals surface area contributed by atoms with Gasteiger partial charge in [-0.3, -0.25) is 9.59 Å². The quantitative estimate of drug-likeness (QED) is 0.788. The van der Waals surface area contributed by atoms with Crippen LogP contribution in [0.1, 0.15) is 33.3 Å². The minimum Gasteiger partial charge on any atom is -0.492 e. The van der Waals surface area contributed by atoms with Crippen molar-refractivity contribution in [3.8, 4) is 11.5 Å². The Morgan fingerprint density at radius 3 is 2.48 bits per heavy atom. The lowest BCUT2D eigenvalue weighted by molar-refractivity contribution is -0.128. The first-order valence-electron chi connectivity index (χ1n) is 9.80. The van der Waals surface area contributed by atoms with Gasteiger partial charge in [0, 0.05) is 6.92 Å². The van der Waals surface area contributed by atoms with Crippen LogP contribution in [0.3, 0.4) is 0 Å². The van der Waals surface area contributed by atoms with Crippen molar-refractivity contribution in [2.24, 2.45) is 0 Å². The van der Waals surface area contributed by atoms with Gasteiger partial charge in [-0.2, -0.15) is 0 Å². The molecule has 0 saturated carbocycles. The minimum atomic E-state index is -0.750. The number of fused-ring (bicyclic) bond motifs is 1. The molecular formula is C23H28N2O4. The van der Waals surface area contributed by atoms with E-state index in [1.165, 1.54) is 12.5 Å². The number of carbonyl (C=O) groups excluding carboxylic acids is 2. The van der Waals surface area contributed by atoms with Gasteiger partial charge >= 0.3 is 0 Å². The van der Waals surface area contributed by atoms with Crippen LogP contribution < -0.4 is 19.7 Å². The Hall–Kier alpha value is -3.02. The summed E-state index contributed by atoms with van der Waals surface area (Å²) >= 11 is 0. The first kappa shape index (κ1) is 20.7. The molecule has 3 rings (SSSR count). The molecule has 0 spiro atoms. The molecule has 6 nitrogen and oxygen atoms in total. The normalized spacial score (nSPS) is 15.9. The molecule has 0 radical (unpaired) electrons. The molecule has 1 heterocycles. The van der Waals surface area contributed by atoms with Crippen LogP contribution in [-0.4, -0.2) is 37.6 Å². The number of nitrogens with zero attached hydrogens (tertiary/aromatic N) is 1. The fraction of sp³-hybridized carbons (Fsp3) is 0.391. The predicted octanol–water partition coefficient (Wildman–Crippen LogP) is 3.29. The third kappa shape index (κ3) is 5.08. The second-order valence-corrected chi connectivity index (χ2v) is 8.12. The molecule has 29 heavy (non-hydrogen) atoms. The van der Waals surface area contributed by atoms with Crippen LogP contribution in [0, 0.1) is 0 Å². The molecule has 1 aliphatic rings. The summed E-state index contributed by atoms with van der Waals surface area (Å²) in [6, 6.07) is 15.2. The molecule has 2 aromatic carbocycles. The first-order chi connectivity index (χ1) is 13.8. The second kappa shape index (κ2) is 8.55. The SMILES string of the molecule is CC(=O)N1C[C@H](C(=O)NCCOc2ccc(C(C)(C)C)cc2)Oc2ccccc21. The van der Waals surface area contributed by atoms with E-state index in [4.69, 9.17) is 9.47 Å². The number of ether oxygens (including phenoxy) is 2. The first-order valence-corrected chi connectivity index (χ1v) is 9.80. The number of hydrogen-bond donors (Lipinski definition) is 1. The summed E-state index contributed by atoms with van der Waals surface area (Å²) in [5.41, 5.74) is 2.02. The van der Waals surface area contributed by atoms with Crippen LogP contribution in [0.2, 0.25) is 0 Å². The highest BCUT2D eigenvalue weighted by atomic mass is 16.5. The number of para-hydroxylation sites is 2. The van der Waals surface area contributed by atoms with Gasteiger partial charge in [0.05, 0.1) is 18.8 Å². The van der Waals surface area contributed by atoms with Crippen LogP contribution in [0.15, 0.2) is 48.5 Å². The fourth-order valence-corrected chi connectivity index (χ4v) is 3.18. The summed E-state index contributed by atoms with van der Waals surface area (Å²) < 4.78 is 11.5. The number of amides is 2. The highest BCUT2D eigenvalue weighted by Gasteiger charge is 2.32. The van der Waals surface area contributed by atoms with Gasteiger partial charge < -0.3 is 19.7 Å². The van der Waals surface area contributed by atoms with Gasteiger partial charge in [-0.05, 0) is 35.2 Å². The van der Waals surface area contributed by atoms with Gasteiger partial charge in [-0.15, -0.1) is 0 Å². The Kier molecular flexibility index (Phi) is 6.11. The van der Waals surface area contributed by atoms with E-state index in [0.29, 0.717) is 24.6 Å². The molecule has 1 atom stereocenters. The number of benzene rings is 2. The van der Waals surface area contributed by atoms with Gasteiger partial charge in [0.1, 0.15) is 18.1 Å². The van der Waals surface area contributed by atoms with Gasteiger partial charge in [0.15, 0.2) is 6.10 Å². The van der Waals surface area contributed by atoms with E-state index in [0.717, 1.165) is 5.75 Å². The monoisotopic (exact) mass is 396 g/mol. The fourth-order valence-electron chi connectivity index (χ4n) is 3.18. The minimum absolute atomic E-state index is 0.0961. The lowest BCUT2D eigenvalue weighted by atomic mass is 9.87. The molecule has 0 bridgehead atoms. The molecule has 2 aromatic rings. The number of carbonyl (C=O) groups is 2. The number of hydrogen-bond acceptors (Lipinski definition) is 4. The molecule has 6 heteroatoms. The average Bonchev–Trinajstić information content (AvgIpc) is 2.69. The Labute approximate surface area is 171 Å². The standard InChI is InChI=1S/C23H28N2O4/c1-16(26)25-15-21(29-20-8-6-5-7-19(20)25)22(27)24-13-14-28-18-11-9-17(10-12-18)23(2,3)4/h5-12,21H,13-15H2,1-4H3,(H,24,27)/t21-/m1/s1. The Bertz CT molecular complexity index is 871. The molecule has 154 valence electrons.